The van der Waals surface area contributed by atoms with Crippen molar-refractivity contribution >= 4 is 5.71 Å². The summed E-state index contributed by atoms with van der Waals surface area (Å²) in [4.78, 5) is 0. The normalized spacial score (nSPS) is 26.8. The maximum absolute atomic E-state index is 7.21. The number of nitrogens with one attached hydrogen (secondary N) is 1. The fourth-order valence-electron chi connectivity index (χ4n) is 0.897. The van der Waals surface area contributed by atoms with Crippen molar-refractivity contribution in [1.82, 2.24) is 0 Å². The molecule has 1 atom stereocenters. The Hall–Kier alpha value is -0.630. The van der Waals surface area contributed by atoms with Gasteiger partial charge >= 0.3 is 0 Å². The van der Waals surface area contributed by atoms with Gasteiger partial charge < -0.3 is 10.1 Å². The Morgan fingerprint density at radius 1 is 1.78 bits per heavy atom. The van der Waals surface area contributed by atoms with Gasteiger partial charge in [0.25, 0.3) is 0 Å². The van der Waals surface area contributed by atoms with E-state index in [0.717, 1.165) is 12.8 Å². The van der Waals surface area contributed by atoms with Gasteiger partial charge in [0.05, 0.1) is 6.10 Å². The highest BCUT2D eigenvalue weighted by Gasteiger charge is 2.08. The summed E-state index contributed by atoms with van der Waals surface area (Å²) in [7, 11) is 1.70. The Labute approximate surface area is 55.0 Å². The quantitative estimate of drug-likeness (QED) is 0.564. The molecule has 0 aromatic carbocycles. The second-order valence-corrected chi connectivity index (χ2v) is 2.20. The smallest absolute Gasteiger partial charge is 0.0759 e. The summed E-state index contributed by atoms with van der Waals surface area (Å²) in [5.74, 6) is 0. The highest BCUT2D eigenvalue weighted by atomic mass is 16.5. The van der Waals surface area contributed by atoms with E-state index in [-0.39, 0.29) is 6.10 Å². The Bertz CT molecular complexity index is 140. The molecule has 0 saturated carbocycles. The zero-order valence-corrected chi connectivity index (χ0v) is 5.55. The summed E-state index contributed by atoms with van der Waals surface area (Å²) in [5, 5.41) is 7.21. The van der Waals surface area contributed by atoms with Crippen molar-refractivity contribution in [2.75, 3.05) is 7.11 Å². The van der Waals surface area contributed by atoms with Gasteiger partial charge in [-0.3, -0.25) is 0 Å². The molecule has 2 heteroatoms. The molecule has 0 saturated heterocycles. The van der Waals surface area contributed by atoms with Gasteiger partial charge in [-0.05, 0) is 18.9 Å². The summed E-state index contributed by atoms with van der Waals surface area (Å²) in [6, 6.07) is 0. The zero-order chi connectivity index (χ0) is 6.69. The Morgan fingerprint density at radius 2 is 2.56 bits per heavy atom. The molecule has 1 N–H and O–H groups in total. The molecule has 0 aromatic rings. The minimum absolute atomic E-state index is 0.249. The molecule has 50 valence electrons. The second kappa shape index (κ2) is 2.78. The molecule has 0 aliphatic heterocycles. The fraction of sp³-hybridized carbons (Fsp3) is 0.571. The van der Waals surface area contributed by atoms with Crippen molar-refractivity contribution < 1.29 is 4.74 Å². The van der Waals surface area contributed by atoms with E-state index in [9.17, 15) is 0 Å². The van der Waals surface area contributed by atoms with Crippen LogP contribution in [0.4, 0.5) is 0 Å². The van der Waals surface area contributed by atoms with E-state index in [1.807, 2.05) is 12.2 Å². The SMILES string of the molecule is COC1C=CC(=N)CC1. The van der Waals surface area contributed by atoms with E-state index in [4.69, 9.17) is 10.1 Å². The van der Waals surface area contributed by atoms with Crippen LogP contribution in [0.1, 0.15) is 12.8 Å². The number of methoxy groups -OCH3 is 1. The molecule has 0 aromatic heterocycles. The lowest BCUT2D eigenvalue weighted by Gasteiger charge is -2.13. The summed E-state index contributed by atoms with van der Waals surface area (Å²) in [6.07, 6.45) is 5.82. The van der Waals surface area contributed by atoms with Crippen LogP contribution in [0.2, 0.25) is 0 Å². The van der Waals surface area contributed by atoms with Crippen molar-refractivity contribution in [2.24, 2.45) is 0 Å². The molecule has 1 aliphatic rings. The van der Waals surface area contributed by atoms with Gasteiger partial charge in [0.1, 0.15) is 0 Å². The van der Waals surface area contributed by atoms with Gasteiger partial charge in [0.15, 0.2) is 0 Å². The number of rotatable bonds is 1. The second-order valence-electron chi connectivity index (χ2n) is 2.20. The van der Waals surface area contributed by atoms with Crippen LogP contribution in [-0.4, -0.2) is 18.9 Å². The highest BCUT2D eigenvalue weighted by Crippen LogP contribution is 2.09. The van der Waals surface area contributed by atoms with Crippen LogP contribution >= 0.6 is 0 Å². The lowest BCUT2D eigenvalue weighted by Crippen LogP contribution is -2.13. The van der Waals surface area contributed by atoms with Gasteiger partial charge in [-0.25, -0.2) is 0 Å². The van der Waals surface area contributed by atoms with Gasteiger partial charge in [-0.2, -0.15) is 0 Å². The summed E-state index contributed by atoms with van der Waals surface area (Å²) >= 11 is 0. The van der Waals surface area contributed by atoms with Crippen LogP contribution in [0, 0.1) is 5.41 Å². The average molecular weight is 125 g/mol. The molecule has 1 aliphatic carbocycles. The maximum Gasteiger partial charge on any atom is 0.0759 e. The molecule has 0 amide bonds. The van der Waals surface area contributed by atoms with Gasteiger partial charge in [-0.15, -0.1) is 0 Å². The molecule has 1 unspecified atom stereocenters. The van der Waals surface area contributed by atoms with Crippen molar-refractivity contribution in [2.45, 2.75) is 18.9 Å². The van der Waals surface area contributed by atoms with E-state index >= 15 is 0 Å². The topological polar surface area (TPSA) is 33.1 Å². The minimum atomic E-state index is 0.249. The molecular weight excluding hydrogens is 114 g/mol. The van der Waals surface area contributed by atoms with Crippen LogP contribution in [0.5, 0.6) is 0 Å². The lowest BCUT2D eigenvalue weighted by molar-refractivity contribution is 0.134. The van der Waals surface area contributed by atoms with Crippen LogP contribution < -0.4 is 0 Å². The molecular formula is C7H11NO. The van der Waals surface area contributed by atoms with Crippen LogP contribution in [0.15, 0.2) is 12.2 Å². The van der Waals surface area contributed by atoms with Crippen molar-refractivity contribution in [1.29, 1.82) is 5.41 Å². The third-order valence-corrected chi connectivity index (χ3v) is 1.51. The highest BCUT2D eigenvalue weighted by molar-refractivity contribution is 5.93. The number of hydrogen-bond donors (Lipinski definition) is 1. The molecule has 1 rings (SSSR count). The number of ether oxygens (including phenoxy) is 1. The summed E-state index contributed by atoms with van der Waals surface area (Å²) in [5.41, 5.74) is 0.711. The van der Waals surface area contributed by atoms with Gasteiger partial charge in [0, 0.05) is 12.8 Å². The predicted octanol–water partition coefficient (Wildman–Crippen LogP) is 1.37. The Kier molecular flexibility index (Phi) is 2.01. The molecule has 2 nitrogen and oxygen atoms in total. The monoisotopic (exact) mass is 125 g/mol. The largest absolute Gasteiger partial charge is 0.377 e. The van der Waals surface area contributed by atoms with Gasteiger partial charge in [-0.1, -0.05) is 6.08 Å². The van der Waals surface area contributed by atoms with Crippen LogP contribution in [0.25, 0.3) is 0 Å². The van der Waals surface area contributed by atoms with E-state index in [2.05, 4.69) is 0 Å². The van der Waals surface area contributed by atoms with Crippen molar-refractivity contribution in [3.8, 4) is 0 Å². The fourth-order valence-corrected chi connectivity index (χ4v) is 0.897. The van der Waals surface area contributed by atoms with E-state index in [1.165, 1.54) is 0 Å². The number of allylic oxidation sites excluding steroid dienone is 1. The van der Waals surface area contributed by atoms with Crippen molar-refractivity contribution in [3.05, 3.63) is 12.2 Å². The maximum atomic E-state index is 7.21. The Morgan fingerprint density at radius 3 is 3.00 bits per heavy atom. The zero-order valence-electron chi connectivity index (χ0n) is 5.55. The van der Waals surface area contributed by atoms with E-state index < -0.39 is 0 Å². The van der Waals surface area contributed by atoms with E-state index in [1.54, 1.807) is 7.11 Å². The molecule has 0 fully saturated rings. The lowest BCUT2D eigenvalue weighted by atomic mass is 10.0. The molecule has 0 bridgehead atoms. The summed E-state index contributed by atoms with van der Waals surface area (Å²) < 4.78 is 5.06. The molecule has 0 spiro atoms. The molecule has 0 heterocycles. The molecule has 0 radical (unpaired) electrons. The first-order valence-electron chi connectivity index (χ1n) is 3.11. The first kappa shape index (κ1) is 6.49. The average Bonchev–Trinajstić information content (AvgIpc) is 1.90. The van der Waals surface area contributed by atoms with Gasteiger partial charge in [0.2, 0.25) is 0 Å². The first-order chi connectivity index (χ1) is 4.33. The third kappa shape index (κ3) is 1.64. The predicted molar refractivity (Wildman–Crippen MR) is 36.9 cm³/mol. The third-order valence-electron chi connectivity index (χ3n) is 1.51. The standard InChI is InChI=1S/C7H11NO/c1-9-7-4-2-6(8)3-5-7/h2,4,7-8H,3,5H2,1H3. The van der Waals surface area contributed by atoms with E-state index in [0.29, 0.717) is 5.71 Å². The van der Waals surface area contributed by atoms with Crippen LogP contribution in [0.3, 0.4) is 0 Å². The molecule has 9 heavy (non-hydrogen) atoms. The number of hydrogen-bond acceptors (Lipinski definition) is 2. The first-order valence-corrected chi connectivity index (χ1v) is 3.11. The Balaban J connectivity index is 2.48. The minimum Gasteiger partial charge on any atom is -0.377 e. The van der Waals surface area contributed by atoms with Crippen molar-refractivity contribution in [3.63, 3.8) is 0 Å². The summed E-state index contributed by atoms with van der Waals surface area (Å²) in [6.45, 7) is 0. The van der Waals surface area contributed by atoms with Crippen LogP contribution in [-0.2, 0) is 4.74 Å².